The van der Waals surface area contributed by atoms with Crippen molar-refractivity contribution >= 4 is 11.3 Å². The van der Waals surface area contributed by atoms with Crippen molar-refractivity contribution in [2.24, 2.45) is 5.92 Å². The maximum Gasteiger partial charge on any atom is 0.391 e. The average Bonchev–Trinajstić information content (AvgIpc) is 2.84. The van der Waals surface area contributed by atoms with E-state index in [1.807, 2.05) is 0 Å². The summed E-state index contributed by atoms with van der Waals surface area (Å²) < 4.78 is 38.4. The minimum Gasteiger partial charge on any atom is -0.309 e. The van der Waals surface area contributed by atoms with Gasteiger partial charge in [-0.3, -0.25) is 0 Å². The number of hydrogen-bond acceptors (Lipinski definition) is 2. The fraction of sp³-hybridized carbons (Fsp3) is 0.750. The lowest BCUT2D eigenvalue weighted by atomic mass is 9.85. The van der Waals surface area contributed by atoms with Crippen molar-refractivity contribution in [3.8, 4) is 0 Å². The van der Waals surface area contributed by atoms with Crippen LogP contribution < -0.4 is 5.32 Å². The molecule has 1 aliphatic carbocycles. The number of halogens is 3. The van der Waals surface area contributed by atoms with Gasteiger partial charge in [0.15, 0.2) is 0 Å². The second-order valence-corrected chi connectivity index (χ2v) is 8.17. The van der Waals surface area contributed by atoms with Crippen molar-refractivity contribution < 1.29 is 13.2 Å². The summed E-state index contributed by atoms with van der Waals surface area (Å²) in [7, 11) is 0. The second kappa shape index (κ2) is 6.29. The first-order chi connectivity index (χ1) is 9.66. The van der Waals surface area contributed by atoms with Gasteiger partial charge in [-0.05, 0) is 36.8 Å². The van der Waals surface area contributed by atoms with Gasteiger partial charge >= 0.3 is 6.18 Å². The third kappa shape index (κ3) is 4.71. The first-order valence-corrected chi connectivity index (χ1v) is 8.37. The molecule has 1 fully saturated rings. The molecule has 1 aliphatic rings. The number of alkyl halides is 3. The highest BCUT2D eigenvalue weighted by Crippen LogP contribution is 2.37. The van der Waals surface area contributed by atoms with E-state index in [4.69, 9.17) is 0 Å². The molecule has 21 heavy (non-hydrogen) atoms. The number of hydrogen-bond donors (Lipinski definition) is 1. The highest BCUT2D eigenvalue weighted by Gasteiger charge is 2.41. The highest BCUT2D eigenvalue weighted by atomic mass is 32.1. The zero-order chi connectivity index (χ0) is 15.7. The van der Waals surface area contributed by atoms with Crippen LogP contribution in [0, 0.1) is 5.92 Å². The summed E-state index contributed by atoms with van der Waals surface area (Å²) in [5, 5.41) is 3.32. The molecular formula is C16H24F3NS. The normalized spacial score (nSPS) is 24.3. The fourth-order valence-corrected chi connectivity index (χ4v) is 3.81. The van der Waals surface area contributed by atoms with Crippen molar-refractivity contribution in [2.75, 3.05) is 0 Å². The van der Waals surface area contributed by atoms with E-state index in [-0.39, 0.29) is 24.3 Å². The molecule has 0 bridgehead atoms. The molecule has 0 amide bonds. The molecule has 0 radical (unpaired) electrons. The van der Waals surface area contributed by atoms with E-state index < -0.39 is 12.1 Å². The van der Waals surface area contributed by atoms with Crippen LogP contribution in [0.3, 0.4) is 0 Å². The Kier molecular flexibility index (Phi) is 5.03. The molecule has 0 aliphatic heterocycles. The van der Waals surface area contributed by atoms with E-state index in [9.17, 15) is 13.2 Å². The van der Waals surface area contributed by atoms with Crippen molar-refractivity contribution in [3.63, 3.8) is 0 Å². The molecule has 1 aromatic rings. The van der Waals surface area contributed by atoms with Crippen molar-refractivity contribution in [2.45, 2.75) is 70.6 Å². The van der Waals surface area contributed by atoms with Gasteiger partial charge in [-0.2, -0.15) is 13.2 Å². The summed E-state index contributed by atoms with van der Waals surface area (Å²) in [6.45, 7) is 7.19. The van der Waals surface area contributed by atoms with Gasteiger partial charge in [0.05, 0.1) is 5.92 Å². The van der Waals surface area contributed by atoms with E-state index >= 15 is 0 Å². The predicted molar refractivity (Wildman–Crippen MR) is 81.7 cm³/mol. The summed E-state index contributed by atoms with van der Waals surface area (Å²) in [6.07, 6.45) is -2.01. The van der Waals surface area contributed by atoms with E-state index in [2.05, 4.69) is 38.2 Å². The fourth-order valence-electron chi connectivity index (χ4n) is 2.79. The summed E-state index contributed by atoms with van der Waals surface area (Å²) >= 11 is 1.75. The molecular weight excluding hydrogens is 295 g/mol. The highest BCUT2D eigenvalue weighted by molar-refractivity contribution is 7.12. The Hall–Kier alpha value is -0.550. The maximum absolute atomic E-state index is 12.8. The lowest BCUT2D eigenvalue weighted by Crippen LogP contribution is -2.38. The summed E-state index contributed by atoms with van der Waals surface area (Å²) in [5.41, 5.74) is 0.134. The first kappa shape index (κ1) is 16.8. The third-order valence-corrected chi connectivity index (χ3v) is 5.61. The number of thiophene rings is 1. The van der Waals surface area contributed by atoms with Crippen molar-refractivity contribution in [3.05, 3.63) is 21.9 Å². The average molecular weight is 319 g/mol. The third-order valence-electron chi connectivity index (χ3n) is 4.10. The Morgan fingerprint density at radius 1 is 1.19 bits per heavy atom. The van der Waals surface area contributed by atoms with Crippen molar-refractivity contribution in [1.29, 1.82) is 0 Å². The van der Waals surface area contributed by atoms with E-state index in [1.165, 1.54) is 9.75 Å². The summed E-state index contributed by atoms with van der Waals surface area (Å²) in [5.74, 6) is -1.13. The van der Waals surface area contributed by atoms with Gasteiger partial charge in [0.25, 0.3) is 0 Å². The largest absolute Gasteiger partial charge is 0.391 e. The standard InChI is InChI=1S/C16H24F3NS/c1-15(2,3)14-8-7-13(21-14)10-20-12-6-4-5-11(9-12)16(17,18)19/h7-8,11-12,20H,4-6,9-10H2,1-3H3. The van der Waals surface area contributed by atoms with Crippen LogP contribution in [0.2, 0.25) is 0 Å². The predicted octanol–water partition coefficient (Wildman–Crippen LogP) is 5.26. The molecule has 1 nitrogen and oxygen atoms in total. The molecule has 120 valence electrons. The molecule has 5 heteroatoms. The van der Waals surface area contributed by atoms with Gasteiger partial charge in [-0.15, -0.1) is 11.3 Å². The smallest absolute Gasteiger partial charge is 0.309 e. The number of nitrogens with one attached hydrogen (secondary N) is 1. The Morgan fingerprint density at radius 2 is 1.90 bits per heavy atom. The Labute approximate surface area is 128 Å². The van der Waals surface area contributed by atoms with E-state index in [0.717, 1.165) is 6.42 Å². The Balaban J connectivity index is 1.87. The molecule has 0 aromatic carbocycles. The van der Waals surface area contributed by atoms with Crippen LogP contribution in [0.5, 0.6) is 0 Å². The minimum absolute atomic E-state index is 0.00874. The molecule has 1 saturated carbocycles. The quantitative estimate of drug-likeness (QED) is 0.801. The molecule has 2 rings (SSSR count). The van der Waals surface area contributed by atoms with Crippen LogP contribution in [0.25, 0.3) is 0 Å². The van der Waals surface area contributed by atoms with Gasteiger partial charge in [0.1, 0.15) is 0 Å². The monoisotopic (exact) mass is 319 g/mol. The lowest BCUT2D eigenvalue weighted by Gasteiger charge is -2.31. The van der Waals surface area contributed by atoms with E-state index in [1.54, 1.807) is 11.3 Å². The molecule has 1 heterocycles. The Bertz CT molecular complexity index is 459. The lowest BCUT2D eigenvalue weighted by molar-refractivity contribution is -0.183. The molecule has 2 atom stereocenters. The topological polar surface area (TPSA) is 12.0 Å². The Morgan fingerprint density at radius 3 is 2.48 bits per heavy atom. The van der Waals surface area contributed by atoms with Crippen LogP contribution in [-0.4, -0.2) is 12.2 Å². The zero-order valence-electron chi connectivity index (χ0n) is 12.9. The molecule has 0 spiro atoms. The van der Waals surface area contributed by atoms with Gasteiger partial charge in [0, 0.05) is 22.3 Å². The molecule has 1 aromatic heterocycles. The minimum atomic E-state index is -4.04. The van der Waals surface area contributed by atoms with Crippen LogP contribution >= 0.6 is 11.3 Å². The van der Waals surface area contributed by atoms with Crippen LogP contribution in [-0.2, 0) is 12.0 Å². The van der Waals surface area contributed by atoms with Gasteiger partial charge in [-0.1, -0.05) is 27.2 Å². The molecule has 1 N–H and O–H groups in total. The zero-order valence-corrected chi connectivity index (χ0v) is 13.7. The summed E-state index contributed by atoms with van der Waals surface area (Å²) in [4.78, 5) is 2.52. The van der Waals surface area contributed by atoms with Gasteiger partial charge in [0.2, 0.25) is 0 Å². The van der Waals surface area contributed by atoms with Gasteiger partial charge < -0.3 is 5.32 Å². The SMILES string of the molecule is CC(C)(C)c1ccc(CNC2CCCC(C(F)(F)F)C2)s1. The molecule has 0 saturated heterocycles. The van der Waals surface area contributed by atoms with Gasteiger partial charge in [-0.25, -0.2) is 0 Å². The van der Waals surface area contributed by atoms with Crippen LogP contribution in [0.1, 0.15) is 56.2 Å². The van der Waals surface area contributed by atoms with Crippen molar-refractivity contribution in [1.82, 2.24) is 5.32 Å². The van der Waals surface area contributed by atoms with Crippen LogP contribution in [0.15, 0.2) is 12.1 Å². The maximum atomic E-state index is 12.8. The first-order valence-electron chi connectivity index (χ1n) is 7.55. The number of rotatable bonds is 3. The second-order valence-electron chi connectivity index (χ2n) is 7.00. The summed E-state index contributed by atoms with van der Waals surface area (Å²) in [6, 6.07) is 4.20. The molecule has 2 unspecified atom stereocenters. The van der Waals surface area contributed by atoms with E-state index in [0.29, 0.717) is 13.0 Å². The van der Waals surface area contributed by atoms with Crippen LogP contribution in [0.4, 0.5) is 13.2 Å².